The molecule has 0 spiro atoms. The van der Waals surface area contributed by atoms with Crippen LogP contribution in [0.25, 0.3) is 0 Å². The maximum Gasteiger partial charge on any atom is 0.241 e. The van der Waals surface area contributed by atoms with Crippen molar-refractivity contribution in [3.8, 4) is 0 Å². The van der Waals surface area contributed by atoms with Crippen molar-refractivity contribution in [2.24, 2.45) is 10.9 Å². The maximum absolute atomic E-state index is 12.4. The van der Waals surface area contributed by atoms with Crippen molar-refractivity contribution < 1.29 is 4.79 Å². The van der Waals surface area contributed by atoms with Gasteiger partial charge in [0.2, 0.25) is 5.91 Å². The van der Waals surface area contributed by atoms with Crippen molar-refractivity contribution >= 4 is 11.9 Å². The molecule has 138 valence electrons. The summed E-state index contributed by atoms with van der Waals surface area (Å²) in [6.45, 7) is 8.20. The lowest BCUT2D eigenvalue weighted by Gasteiger charge is -2.32. The number of carbonyl (C=O) groups is 1. The topological polar surface area (TPSA) is 56.7 Å². The highest BCUT2D eigenvalue weighted by Crippen LogP contribution is 2.21. The van der Waals surface area contributed by atoms with E-state index >= 15 is 0 Å². The standard InChI is InChI=1S/C20H32N4O/c1-20(2,3)23-19(21-4)22-15-18(25)24-12-10-17(11-13-24)14-16-8-6-5-7-9-16/h5-9,17H,10-15H2,1-4H3,(H2,21,22,23). The van der Waals surface area contributed by atoms with E-state index < -0.39 is 0 Å². The van der Waals surface area contributed by atoms with Crippen molar-refractivity contribution in [3.63, 3.8) is 0 Å². The molecule has 0 bridgehead atoms. The Morgan fingerprint density at radius 2 is 1.84 bits per heavy atom. The molecule has 0 aromatic heterocycles. The van der Waals surface area contributed by atoms with Gasteiger partial charge in [-0.2, -0.15) is 0 Å². The second kappa shape index (κ2) is 8.88. The van der Waals surface area contributed by atoms with Gasteiger partial charge in [-0.25, -0.2) is 0 Å². The Labute approximate surface area is 151 Å². The van der Waals surface area contributed by atoms with Crippen LogP contribution in [0.2, 0.25) is 0 Å². The number of hydrogen-bond acceptors (Lipinski definition) is 2. The summed E-state index contributed by atoms with van der Waals surface area (Å²) in [5.74, 6) is 1.49. The summed E-state index contributed by atoms with van der Waals surface area (Å²) in [5.41, 5.74) is 1.31. The van der Waals surface area contributed by atoms with Crippen molar-refractivity contribution in [2.45, 2.75) is 45.6 Å². The molecular weight excluding hydrogens is 312 g/mol. The van der Waals surface area contributed by atoms with Crippen molar-refractivity contribution in [1.29, 1.82) is 0 Å². The van der Waals surface area contributed by atoms with Crippen LogP contribution < -0.4 is 10.6 Å². The van der Waals surface area contributed by atoms with Gasteiger partial charge in [0.15, 0.2) is 5.96 Å². The lowest BCUT2D eigenvalue weighted by molar-refractivity contribution is -0.131. The largest absolute Gasteiger partial charge is 0.352 e. The summed E-state index contributed by atoms with van der Waals surface area (Å²) >= 11 is 0. The van der Waals surface area contributed by atoms with Crippen molar-refractivity contribution in [2.75, 3.05) is 26.7 Å². The van der Waals surface area contributed by atoms with Crippen molar-refractivity contribution in [3.05, 3.63) is 35.9 Å². The zero-order chi connectivity index (χ0) is 18.3. The summed E-state index contributed by atoms with van der Waals surface area (Å²) < 4.78 is 0. The molecule has 0 unspecified atom stereocenters. The third kappa shape index (κ3) is 6.77. The Kier molecular flexibility index (Phi) is 6.85. The maximum atomic E-state index is 12.4. The monoisotopic (exact) mass is 344 g/mol. The van der Waals surface area contributed by atoms with Crippen LogP contribution in [0.5, 0.6) is 0 Å². The third-order valence-electron chi connectivity index (χ3n) is 4.46. The molecule has 1 fully saturated rings. The first-order valence-electron chi connectivity index (χ1n) is 9.18. The summed E-state index contributed by atoms with van der Waals surface area (Å²) in [5, 5.41) is 6.39. The van der Waals surface area contributed by atoms with E-state index in [0.29, 0.717) is 18.4 Å². The van der Waals surface area contributed by atoms with Gasteiger partial charge in [-0.05, 0) is 51.5 Å². The van der Waals surface area contributed by atoms with Gasteiger partial charge >= 0.3 is 0 Å². The highest BCUT2D eigenvalue weighted by Gasteiger charge is 2.23. The number of piperidine rings is 1. The first-order chi connectivity index (χ1) is 11.9. The molecule has 1 aromatic rings. The normalized spacial score (nSPS) is 16.6. The number of carbonyl (C=O) groups excluding carboxylic acids is 1. The summed E-state index contributed by atoms with van der Waals surface area (Å²) in [6.07, 6.45) is 3.27. The van der Waals surface area contributed by atoms with Gasteiger partial charge in [0.05, 0.1) is 6.54 Å². The fraction of sp³-hybridized carbons (Fsp3) is 0.600. The van der Waals surface area contributed by atoms with E-state index in [9.17, 15) is 4.79 Å². The van der Waals surface area contributed by atoms with Crippen LogP contribution in [-0.4, -0.2) is 49.0 Å². The van der Waals surface area contributed by atoms with E-state index in [-0.39, 0.29) is 11.4 Å². The molecule has 25 heavy (non-hydrogen) atoms. The Morgan fingerprint density at radius 3 is 2.40 bits per heavy atom. The van der Waals surface area contributed by atoms with Crippen LogP contribution in [0.4, 0.5) is 0 Å². The van der Waals surface area contributed by atoms with Gasteiger partial charge in [0.1, 0.15) is 0 Å². The number of amides is 1. The molecule has 2 N–H and O–H groups in total. The van der Waals surface area contributed by atoms with E-state index in [0.717, 1.165) is 32.4 Å². The first kappa shape index (κ1) is 19.3. The average Bonchev–Trinajstić information content (AvgIpc) is 2.59. The highest BCUT2D eigenvalue weighted by atomic mass is 16.2. The lowest BCUT2D eigenvalue weighted by Crippen LogP contribution is -2.51. The number of guanidine groups is 1. The van der Waals surface area contributed by atoms with E-state index in [4.69, 9.17) is 0 Å². The Hall–Kier alpha value is -2.04. The summed E-state index contributed by atoms with van der Waals surface area (Å²) in [6, 6.07) is 10.6. The van der Waals surface area contributed by atoms with Gasteiger partial charge in [-0.3, -0.25) is 9.79 Å². The molecule has 0 aliphatic carbocycles. The predicted octanol–water partition coefficient (Wildman–Crippen LogP) is 2.43. The van der Waals surface area contributed by atoms with Gasteiger partial charge in [-0.1, -0.05) is 30.3 Å². The Bertz CT molecular complexity index is 569. The number of nitrogens with zero attached hydrogens (tertiary/aromatic N) is 2. The molecule has 0 saturated carbocycles. The zero-order valence-corrected chi connectivity index (χ0v) is 16.0. The molecule has 1 aliphatic rings. The SMILES string of the molecule is CN=C(NCC(=O)N1CCC(Cc2ccccc2)CC1)NC(C)(C)C. The molecule has 1 aromatic carbocycles. The first-order valence-corrected chi connectivity index (χ1v) is 9.18. The molecule has 1 saturated heterocycles. The van der Waals surface area contributed by atoms with Crippen LogP contribution in [0.3, 0.4) is 0 Å². The van der Waals surface area contributed by atoms with Crippen LogP contribution in [-0.2, 0) is 11.2 Å². The van der Waals surface area contributed by atoms with Gasteiger partial charge in [-0.15, -0.1) is 0 Å². The molecular formula is C20H32N4O. The second-order valence-corrected chi connectivity index (χ2v) is 7.81. The van der Waals surface area contributed by atoms with Gasteiger partial charge < -0.3 is 15.5 Å². The van der Waals surface area contributed by atoms with E-state index in [1.54, 1.807) is 7.05 Å². The van der Waals surface area contributed by atoms with Crippen molar-refractivity contribution in [1.82, 2.24) is 15.5 Å². The molecule has 1 amide bonds. The summed E-state index contributed by atoms with van der Waals surface area (Å²) in [7, 11) is 1.72. The quantitative estimate of drug-likeness (QED) is 0.651. The van der Waals surface area contributed by atoms with E-state index in [1.165, 1.54) is 5.56 Å². The zero-order valence-electron chi connectivity index (χ0n) is 16.0. The molecule has 1 heterocycles. The smallest absolute Gasteiger partial charge is 0.241 e. The predicted molar refractivity (Wildman–Crippen MR) is 104 cm³/mol. The van der Waals surface area contributed by atoms with Crippen LogP contribution >= 0.6 is 0 Å². The number of rotatable bonds is 4. The minimum absolute atomic E-state index is 0.0827. The third-order valence-corrected chi connectivity index (χ3v) is 4.46. The average molecular weight is 345 g/mol. The molecule has 5 heteroatoms. The van der Waals surface area contributed by atoms with Crippen LogP contribution in [0, 0.1) is 5.92 Å². The fourth-order valence-electron chi connectivity index (χ4n) is 3.14. The van der Waals surface area contributed by atoms with Crippen LogP contribution in [0.15, 0.2) is 35.3 Å². The Morgan fingerprint density at radius 1 is 1.20 bits per heavy atom. The van der Waals surface area contributed by atoms with Gasteiger partial charge in [0.25, 0.3) is 0 Å². The molecule has 0 atom stereocenters. The van der Waals surface area contributed by atoms with Gasteiger partial charge in [0, 0.05) is 25.7 Å². The number of aliphatic imine (C=N–C) groups is 1. The number of hydrogen-bond donors (Lipinski definition) is 2. The second-order valence-electron chi connectivity index (χ2n) is 7.81. The number of benzene rings is 1. The highest BCUT2D eigenvalue weighted by molar-refractivity contribution is 5.86. The van der Waals surface area contributed by atoms with Crippen LogP contribution in [0.1, 0.15) is 39.2 Å². The molecule has 1 aliphatic heterocycles. The lowest BCUT2D eigenvalue weighted by atomic mass is 9.90. The molecule has 5 nitrogen and oxygen atoms in total. The summed E-state index contributed by atoms with van der Waals surface area (Å²) in [4.78, 5) is 18.6. The fourth-order valence-corrected chi connectivity index (χ4v) is 3.14. The Balaban J connectivity index is 1.73. The minimum atomic E-state index is -0.0827. The number of nitrogens with one attached hydrogen (secondary N) is 2. The van der Waals surface area contributed by atoms with E-state index in [1.807, 2.05) is 4.90 Å². The minimum Gasteiger partial charge on any atom is -0.352 e. The van der Waals surface area contributed by atoms with E-state index in [2.05, 4.69) is 66.7 Å². The molecule has 0 radical (unpaired) electrons. The molecule has 2 rings (SSSR count). The number of likely N-dealkylation sites (tertiary alicyclic amines) is 1.